The van der Waals surface area contributed by atoms with Gasteiger partial charge in [0.05, 0.1) is 11.5 Å². The number of hydrogen-bond acceptors (Lipinski definition) is 4. The molecular formula is C22H34FNO3S. The van der Waals surface area contributed by atoms with Gasteiger partial charge in [-0.05, 0) is 101 Å². The minimum absolute atomic E-state index is 0.320. The lowest BCUT2D eigenvalue weighted by Crippen LogP contribution is -2.49. The van der Waals surface area contributed by atoms with Crippen LogP contribution in [0.2, 0.25) is 0 Å². The molecule has 0 aromatic heterocycles. The van der Waals surface area contributed by atoms with Crippen molar-refractivity contribution < 1.29 is 17.5 Å². The number of rotatable bonds is 8. The van der Waals surface area contributed by atoms with E-state index >= 15 is 0 Å². The molecule has 28 heavy (non-hydrogen) atoms. The molecule has 2 aliphatic rings. The van der Waals surface area contributed by atoms with Gasteiger partial charge in [0.2, 0.25) is 0 Å². The normalized spacial score (nSPS) is 20.9. The van der Waals surface area contributed by atoms with E-state index in [1.165, 1.54) is 38.4 Å². The van der Waals surface area contributed by atoms with Gasteiger partial charge in [-0.15, -0.1) is 0 Å². The molecule has 6 heteroatoms. The van der Waals surface area contributed by atoms with Gasteiger partial charge in [-0.1, -0.05) is 0 Å². The van der Waals surface area contributed by atoms with Crippen molar-refractivity contribution in [2.75, 3.05) is 32.5 Å². The summed E-state index contributed by atoms with van der Waals surface area (Å²) in [6.07, 6.45) is 8.46. The summed E-state index contributed by atoms with van der Waals surface area (Å²) in [4.78, 5) is 2.60. The summed E-state index contributed by atoms with van der Waals surface area (Å²) in [7, 11) is -3.16. The molecule has 0 unspecified atom stereocenters. The molecule has 1 spiro atoms. The Balaban J connectivity index is 1.31. The maximum absolute atomic E-state index is 13.8. The minimum atomic E-state index is -3.16. The molecule has 0 amide bonds. The highest BCUT2D eigenvalue weighted by atomic mass is 32.2. The van der Waals surface area contributed by atoms with E-state index in [1.807, 2.05) is 0 Å². The molecule has 0 atom stereocenters. The predicted molar refractivity (Wildman–Crippen MR) is 110 cm³/mol. The fourth-order valence-electron chi connectivity index (χ4n) is 4.84. The molecule has 1 saturated heterocycles. The van der Waals surface area contributed by atoms with E-state index in [4.69, 9.17) is 4.74 Å². The van der Waals surface area contributed by atoms with Crippen molar-refractivity contribution in [1.82, 2.24) is 4.90 Å². The van der Waals surface area contributed by atoms with Gasteiger partial charge in [0, 0.05) is 12.8 Å². The lowest BCUT2D eigenvalue weighted by atomic mass is 9.56. The molecule has 158 valence electrons. The van der Waals surface area contributed by atoms with Gasteiger partial charge in [-0.25, -0.2) is 12.8 Å². The number of halogens is 1. The molecule has 1 aliphatic heterocycles. The summed E-state index contributed by atoms with van der Waals surface area (Å²) in [5.41, 5.74) is -0.582. The molecule has 1 aliphatic carbocycles. The summed E-state index contributed by atoms with van der Waals surface area (Å²) in [5, 5.41) is 0. The lowest BCUT2D eigenvalue weighted by molar-refractivity contribution is -0.0277. The van der Waals surface area contributed by atoms with Gasteiger partial charge < -0.3 is 9.64 Å². The van der Waals surface area contributed by atoms with Crippen LogP contribution in [0.3, 0.4) is 0 Å². The number of sulfone groups is 1. The fourth-order valence-corrected chi connectivity index (χ4v) is 5.47. The maximum Gasteiger partial charge on any atom is 0.175 e. The van der Waals surface area contributed by atoms with Crippen molar-refractivity contribution in [3.8, 4) is 5.75 Å². The van der Waals surface area contributed by atoms with Crippen LogP contribution in [0, 0.1) is 11.3 Å². The van der Waals surface area contributed by atoms with Gasteiger partial charge >= 0.3 is 0 Å². The first kappa shape index (κ1) is 21.6. The zero-order valence-electron chi connectivity index (χ0n) is 17.4. The molecule has 0 N–H and O–H groups in total. The Labute approximate surface area is 169 Å². The third kappa shape index (κ3) is 5.93. The average Bonchev–Trinajstić information content (AvgIpc) is 2.57. The third-order valence-corrected chi connectivity index (χ3v) is 7.37. The molecule has 0 bridgehead atoms. The molecule has 1 aromatic rings. The zero-order chi connectivity index (χ0) is 20.4. The van der Waals surface area contributed by atoms with E-state index in [9.17, 15) is 12.8 Å². The molecular weight excluding hydrogens is 377 g/mol. The number of nitrogens with zero attached hydrogens (tertiary/aromatic N) is 1. The van der Waals surface area contributed by atoms with E-state index < -0.39 is 15.5 Å². The highest BCUT2D eigenvalue weighted by Gasteiger charge is 2.45. The Hall–Kier alpha value is -1.14. The monoisotopic (exact) mass is 411 g/mol. The second-order valence-corrected chi connectivity index (χ2v) is 11.5. The van der Waals surface area contributed by atoms with Crippen LogP contribution < -0.4 is 4.74 Å². The Morgan fingerprint density at radius 1 is 1.18 bits per heavy atom. The van der Waals surface area contributed by atoms with Crippen molar-refractivity contribution >= 4 is 9.84 Å². The highest BCUT2D eigenvalue weighted by molar-refractivity contribution is 7.90. The van der Waals surface area contributed by atoms with Crippen molar-refractivity contribution in [2.45, 2.75) is 62.9 Å². The first-order chi connectivity index (χ1) is 13.0. The quantitative estimate of drug-likeness (QED) is 0.592. The van der Waals surface area contributed by atoms with Crippen molar-refractivity contribution in [1.29, 1.82) is 0 Å². The minimum Gasteiger partial charge on any atom is -0.494 e. The summed E-state index contributed by atoms with van der Waals surface area (Å²) in [5.74, 6) is 1.51. The molecule has 1 heterocycles. The molecule has 4 nitrogen and oxygen atoms in total. The molecule has 0 radical (unpaired) electrons. The molecule has 1 aromatic carbocycles. The number of piperidine rings is 1. The predicted octanol–water partition coefficient (Wildman–Crippen LogP) is 4.49. The third-order valence-electron chi connectivity index (χ3n) is 6.24. The smallest absolute Gasteiger partial charge is 0.175 e. The topological polar surface area (TPSA) is 46.6 Å². The van der Waals surface area contributed by atoms with E-state index in [0.29, 0.717) is 23.5 Å². The largest absolute Gasteiger partial charge is 0.494 e. The lowest BCUT2D eigenvalue weighted by Gasteiger charge is -2.53. The number of hydrogen-bond donors (Lipinski definition) is 0. The van der Waals surface area contributed by atoms with E-state index in [1.54, 1.807) is 38.1 Å². The zero-order valence-corrected chi connectivity index (χ0v) is 18.2. The van der Waals surface area contributed by atoms with Crippen molar-refractivity contribution in [3.63, 3.8) is 0 Å². The summed E-state index contributed by atoms with van der Waals surface area (Å²) < 4.78 is 42.5. The Morgan fingerprint density at radius 3 is 2.32 bits per heavy atom. The first-order valence-electron chi connectivity index (χ1n) is 10.4. The summed E-state index contributed by atoms with van der Waals surface area (Å²) >= 11 is 0. The summed E-state index contributed by atoms with van der Waals surface area (Å²) in [6.45, 7) is 6.62. The van der Waals surface area contributed by atoms with Gasteiger partial charge in [0.1, 0.15) is 11.4 Å². The van der Waals surface area contributed by atoms with Crippen LogP contribution in [0.1, 0.15) is 52.4 Å². The van der Waals surface area contributed by atoms with Crippen LogP contribution in [-0.2, 0) is 9.84 Å². The summed E-state index contributed by atoms with van der Waals surface area (Å²) in [6, 6.07) is 6.63. The van der Waals surface area contributed by atoms with E-state index in [2.05, 4.69) is 4.90 Å². The Morgan fingerprint density at radius 2 is 1.79 bits per heavy atom. The highest BCUT2D eigenvalue weighted by Crippen LogP contribution is 2.54. The average molecular weight is 412 g/mol. The Kier molecular flexibility index (Phi) is 6.40. The van der Waals surface area contributed by atoms with Gasteiger partial charge in [-0.2, -0.15) is 0 Å². The van der Waals surface area contributed by atoms with Gasteiger partial charge in [0.15, 0.2) is 9.84 Å². The van der Waals surface area contributed by atoms with Gasteiger partial charge in [0.25, 0.3) is 0 Å². The SMILES string of the molecule is CC(C)(F)CN1CCC2(CC1)CC(CCCOc1ccc(S(C)(=O)=O)cc1)C2. The van der Waals surface area contributed by atoms with Crippen LogP contribution in [0.4, 0.5) is 4.39 Å². The second kappa shape index (κ2) is 8.31. The number of ether oxygens (including phenoxy) is 1. The number of benzene rings is 1. The van der Waals surface area contributed by atoms with Crippen molar-refractivity contribution in [3.05, 3.63) is 24.3 Å². The standard InChI is InChI=1S/C22H34FNO3S/c1-21(2,23)17-24-12-10-22(11-13-24)15-18(16-22)5-4-14-27-19-6-8-20(9-7-19)28(3,25)26/h6-9,18H,4-5,10-17H2,1-3H3. The van der Waals surface area contributed by atoms with Crippen molar-refractivity contribution in [2.24, 2.45) is 11.3 Å². The maximum atomic E-state index is 13.8. The van der Waals surface area contributed by atoms with E-state index in [0.717, 1.165) is 31.2 Å². The first-order valence-corrected chi connectivity index (χ1v) is 12.3. The molecule has 3 rings (SSSR count). The van der Waals surface area contributed by atoms with Crippen LogP contribution >= 0.6 is 0 Å². The number of alkyl halides is 1. The van der Waals surface area contributed by atoms with Crippen LogP contribution in [0.5, 0.6) is 5.75 Å². The van der Waals surface area contributed by atoms with E-state index in [-0.39, 0.29) is 0 Å². The van der Waals surface area contributed by atoms with Crippen LogP contribution in [-0.4, -0.2) is 51.5 Å². The van der Waals surface area contributed by atoms with Crippen LogP contribution in [0.15, 0.2) is 29.2 Å². The van der Waals surface area contributed by atoms with Crippen LogP contribution in [0.25, 0.3) is 0 Å². The number of likely N-dealkylation sites (tertiary alicyclic amines) is 1. The molecule has 2 fully saturated rings. The fraction of sp³-hybridized carbons (Fsp3) is 0.727. The molecule has 1 saturated carbocycles. The van der Waals surface area contributed by atoms with Gasteiger partial charge in [-0.3, -0.25) is 0 Å². The Bertz CT molecular complexity index is 739. The second-order valence-electron chi connectivity index (χ2n) is 9.50.